The predicted molar refractivity (Wildman–Crippen MR) is 187 cm³/mol. The summed E-state index contributed by atoms with van der Waals surface area (Å²) in [5, 5.41) is 16.1. The van der Waals surface area contributed by atoms with Crippen molar-refractivity contribution in [3.05, 3.63) is 88.6 Å². The lowest BCUT2D eigenvalue weighted by atomic mass is 10.1. The van der Waals surface area contributed by atoms with E-state index in [1.54, 1.807) is 43.5 Å². The molecule has 0 aliphatic carbocycles. The number of aliphatic hydroxyl groups excluding tert-OH is 1. The first-order valence-corrected chi connectivity index (χ1v) is 16.4. The first-order chi connectivity index (χ1) is 23.2. The minimum atomic E-state index is -0.324. The van der Waals surface area contributed by atoms with E-state index in [1.165, 1.54) is 0 Å². The number of nitrogens with one attached hydrogen (secondary N) is 3. The molecule has 0 spiro atoms. The molecule has 0 saturated carbocycles. The van der Waals surface area contributed by atoms with Crippen molar-refractivity contribution < 1.29 is 29.0 Å². The van der Waals surface area contributed by atoms with Gasteiger partial charge in [0.25, 0.3) is 11.8 Å². The number of unbranched alkanes of at least 4 members (excludes halogenated alkanes) is 2. The number of hydrogen-bond donors (Lipinski definition) is 4. The molecule has 4 N–H and O–H groups in total. The molecule has 48 heavy (non-hydrogen) atoms. The maximum Gasteiger partial charge on any atom is 0.256 e. The number of fused-ring (bicyclic) bond motifs is 1. The van der Waals surface area contributed by atoms with Gasteiger partial charge >= 0.3 is 0 Å². The molecule has 254 valence electrons. The molecule has 4 aromatic rings. The lowest BCUT2D eigenvalue weighted by molar-refractivity contribution is -0.132. The van der Waals surface area contributed by atoms with Gasteiger partial charge in [0, 0.05) is 78.7 Å². The summed E-state index contributed by atoms with van der Waals surface area (Å²) in [6.07, 6.45) is 3.05. The van der Waals surface area contributed by atoms with Gasteiger partial charge in [-0.1, -0.05) is 12.1 Å². The van der Waals surface area contributed by atoms with Crippen LogP contribution in [-0.2, 0) is 22.7 Å². The van der Waals surface area contributed by atoms with E-state index in [0.717, 1.165) is 56.5 Å². The number of carbonyl (C=O) groups is 3. The number of amides is 3. The number of methoxy groups -OCH3 is 1. The zero-order chi connectivity index (χ0) is 34.0. The van der Waals surface area contributed by atoms with Crippen LogP contribution >= 0.6 is 0 Å². The highest BCUT2D eigenvalue weighted by atomic mass is 16.5. The second kappa shape index (κ2) is 16.4. The molecule has 3 aromatic carbocycles. The van der Waals surface area contributed by atoms with E-state index in [9.17, 15) is 19.5 Å². The molecule has 1 aromatic heterocycles. The largest absolute Gasteiger partial charge is 0.491 e. The number of piperazine rings is 1. The zero-order valence-corrected chi connectivity index (χ0v) is 27.9. The van der Waals surface area contributed by atoms with E-state index < -0.39 is 0 Å². The van der Waals surface area contributed by atoms with Crippen LogP contribution in [0.25, 0.3) is 10.9 Å². The number of anilines is 2. The summed E-state index contributed by atoms with van der Waals surface area (Å²) in [4.78, 5) is 46.5. The Morgan fingerprint density at radius 1 is 0.896 bits per heavy atom. The number of rotatable bonds is 14. The average molecular weight is 656 g/mol. The number of aromatic amines is 1. The fourth-order valence-corrected chi connectivity index (χ4v) is 5.82. The monoisotopic (exact) mass is 655 g/mol. The molecule has 5 rings (SSSR count). The SMILES string of the molecule is COCc1cc(C(=O)Nc2ccc(C)cc2OCCCCCC(=O)N2CCN(C)CC2)ccc1NC(=O)c1cccc2[nH]c(CO)cc12. The minimum Gasteiger partial charge on any atom is -0.491 e. The van der Waals surface area contributed by atoms with Crippen molar-refractivity contribution in [3.8, 4) is 5.75 Å². The molecule has 0 bridgehead atoms. The number of nitrogens with zero attached hydrogens (tertiary/aromatic N) is 2. The second-order valence-electron chi connectivity index (χ2n) is 12.3. The van der Waals surface area contributed by atoms with Gasteiger partial charge in [0.1, 0.15) is 5.75 Å². The molecule has 3 amide bonds. The Morgan fingerprint density at radius 3 is 2.44 bits per heavy atom. The number of carbonyl (C=O) groups excluding carboxylic acids is 3. The highest BCUT2D eigenvalue weighted by Crippen LogP contribution is 2.28. The number of hydrogen-bond acceptors (Lipinski definition) is 7. The van der Waals surface area contributed by atoms with Crippen molar-refractivity contribution in [1.29, 1.82) is 0 Å². The third-order valence-electron chi connectivity index (χ3n) is 8.58. The van der Waals surface area contributed by atoms with Crippen LogP contribution in [0.2, 0.25) is 0 Å². The summed E-state index contributed by atoms with van der Waals surface area (Å²) in [5.74, 6) is 0.168. The summed E-state index contributed by atoms with van der Waals surface area (Å²) >= 11 is 0. The normalized spacial score (nSPS) is 13.5. The van der Waals surface area contributed by atoms with Crippen molar-refractivity contribution in [2.24, 2.45) is 0 Å². The second-order valence-corrected chi connectivity index (χ2v) is 12.3. The van der Waals surface area contributed by atoms with E-state index in [4.69, 9.17) is 9.47 Å². The van der Waals surface area contributed by atoms with Gasteiger partial charge in [-0.25, -0.2) is 0 Å². The highest BCUT2D eigenvalue weighted by Gasteiger charge is 2.19. The van der Waals surface area contributed by atoms with E-state index in [1.807, 2.05) is 36.1 Å². The molecule has 1 aliphatic rings. The fraction of sp³-hybridized carbons (Fsp3) is 0.378. The average Bonchev–Trinajstić information content (AvgIpc) is 3.52. The topological polar surface area (TPSA) is 136 Å². The Bertz CT molecular complexity index is 1740. The van der Waals surface area contributed by atoms with Crippen LogP contribution in [0.4, 0.5) is 11.4 Å². The summed E-state index contributed by atoms with van der Waals surface area (Å²) in [5.41, 5.74) is 4.96. The molecule has 0 radical (unpaired) electrons. The van der Waals surface area contributed by atoms with Gasteiger partial charge in [-0.15, -0.1) is 0 Å². The van der Waals surface area contributed by atoms with Gasteiger partial charge < -0.3 is 40.0 Å². The van der Waals surface area contributed by atoms with Gasteiger partial charge in [-0.2, -0.15) is 0 Å². The summed E-state index contributed by atoms with van der Waals surface area (Å²) < 4.78 is 11.5. The molecular formula is C37H45N5O6. The van der Waals surface area contributed by atoms with Crippen LogP contribution in [0.1, 0.15) is 63.2 Å². The first-order valence-electron chi connectivity index (χ1n) is 16.4. The standard InChI is InChI=1S/C37H45N5O6/c1-25-11-13-33(34(20-25)48-19-6-4-5-10-35(44)42-17-15-41(2)16-18-42)40-36(45)26-12-14-31(27(21-26)24-47-3)39-37(46)29-8-7-9-32-30(29)22-28(23-43)38-32/h7-9,11-14,20-22,38,43H,4-6,10,15-19,23-24H2,1-3H3,(H,39,46)(H,40,45). The highest BCUT2D eigenvalue weighted by molar-refractivity contribution is 6.13. The number of aliphatic hydroxyl groups is 1. The predicted octanol–water partition coefficient (Wildman–Crippen LogP) is 5.33. The third-order valence-corrected chi connectivity index (χ3v) is 8.58. The molecule has 2 heterocycles. The van der Waals surface area contributed by atoms with Gasteiger partial charge in [0.15, 0.2) is 0 Å². The minimum absolute atomic E-state index is 0.158. The molecule has 11 heteroatoms. The van der Waals surface area contributed by atoms with Crippen LogP contribution in [-0.4, -0.2) is 84.6 Å². The van der Waals surface area contributed by atoms with Crippen LogP contribution in [0.15, 0.2) is 60.7 Å². The van der Waals surface area contributed by atoms with E-state index in [-0.39, 0.29) is 30.9 Å². The number of benzene rings is 3. The smallest absolute Gasteiger partial charge is 0.256 e. The molecule has 1 saturated heterocycles. The lowest BCUT2D eigenvalue weighted by Crippen LogP contribution is -2.47. The van der Waals surface area contributed by atoms with Crippen LogP contribution in [0.5, 0.6) is 5.75 Å². The summed E-state index contributed by atoms with van der Waals surface area (Å²) in [7, 11) is 3.63. The fourth-order valence-electron chi connectivity index (χ4n) is 5.82. The van der Waals surface area contributed by atoms with E-state index in [0.29, 0.717) is 57.9 Å². The number of likely N-dealkylation sites (N-methyl/N-ethyl adjacent to an activating group) is 1. The van der Waals surface area contributed by atoms with Gasteiger partial charge in [0.2, 0.25) is 5.91 Å². The van der Waals surface area contributed by atoms with Crippen molar-refractivity contribution in [3.63, 3.8) is 0 Å². The number of ether oxygens (including phenoxy) is 2. The lowest BCUT2D eigenvalue weighted by Gasteiger charge is -2.32. The summed E-state index contributed by atoms with van der Waals surface area (Å²) in [6.45, 7) is 5.91. The summed E-state index contributed by atoms with van der Waals surface area (Å²) in [6, 6.07) is 17.8. The van der Waals surface area contributed by atoms with Crippen LogP contribution in [0.3, 0.4) is 0 Å². The quantitative estimate of drug-likeness (QED) is 0.135. The molecule has 1 aliphatic heterocycles. The molecule has 0 unspecified atom stereocenters. The van der Waals surface area contributed by atoms with Crippen molar-refractivity contribution >= 4 is 40.0 Å². The maximum absolute atomic E-state index is 13.4. The Labute approximate surface area is 281 Å². The van der Waals surface area contributed by atoms with Crippen LogP contribution in [0, 0.1) is 6.92 Å². The Hall–Kier alpha value is -4.71. The van der Waals surface area contributed by atoms with Gasteiger partial charge in [-0.3, -0.25) is 14.4 Å². The first kappa shape index (κ1) is 34.6. The number of aryl methyl sites for hydroxylation is 1. The number of H-pyrrole nitrogens is 1. The Balaban J connectivity index is 1.18. The maximum atomic E-state index is 13.4. The van der Waals surface area contributed by atoms with Gasteiger partial charge in [0.05, 0.1) is 25.5 Å². The zero-order valence-electron chi connectivity index (χ0n) is 27.9. The Kier molecular flexibility index (Phi) is 11.8. The van der Waals surface area contributed by atoms with Crippen molar-refractivity contribution in [2.45, 2.75) is 45.8 Å². The molecule has 1 fully saturated rings. The molecule has 11 nitrogen and oxygen atoms in total. The Morgan fingerprint density at radius 2 is 1.67 bits per heavy atom. The molecule has 0 atom stereocenters. The van der Waals surface area contributed by atoms with E-state index >= 15 is 0 Å². The number of aromatic nitrogens is 1. The van der Waals surface area contributed by atoms with E-state index in [2.05, 4.69) is 27.6 Å². The molecular weight excluding hydrogens is 610 g/mol. The van der Waals surface area contributed by atoms with Gasteiger partial charge in [-0.05, 0) is 87.3 Å². The van der Waals surface area contributed by atoms with Crippen molar-refractivity contribution in [1.82, 2.24) is 14.8 Å². The van der Waals surface area contributed by atoms with Crippen molar-refractivity contribution in [2.75, 3.05) is 57.6 Å². The van der Waals surface area contributed by atoms with Crippen LogP contribution < -0.4 is 15.4 Å². The third kappa shape index (κ3) is 8.80.